The van der Waals surface area contributed by atoms with E-state index in [0.717, 1.165) is 37.8 Å². The third-order valence-electron chi connectivity index (χ3n) is 4.00. The number of nitrogens with zero attached hydrogens (tertiary/aromatic N) is 3. The summed E-state index contributed by atoms with van der Waals surface area (Å²) in [5.74, 6) is 1.69. The van der Waals surface area contributed by atoms with Crippen LogP contribution in [0.5, 0.6) is 5.75 Å². The molecule has 6 heteroatoms. The van der Waals surface area contributed by atoms with Crippen molar-refractivity contribution in [2.75, 3.05) is 7.11 Å². The highest BCUT2D eigenvalue weighted by atomic mass is 79.9. The maximum Gasteiger partial charge on any atom is 0.122 e. The predicted octanol–water partition coefficient (Wildman–Crippen LogP) is 5.46. The molecule has 130 valence electrons. The second-order valence-corrected chi connectivity index (χ2v) is 7.62. The number of rotatable bonds is 5. The lowest BCUT2D eigenvalue weighted by atomic mass is 10.1. The molecule has 0 radical (unpaired) electrons. The Labute approximate surface area is 164 Å². The fourth-order valence-corrected chi connectivity index (χ4v) is 4.06. The third-order valence-corrected chi connectivity index (χ3v) is 5.56. The van der Waals surface area contributed by atoms with E-state index in [9.17, 15) is 0 Å². The van der Waals surface area contributed by atoms with E-state index < -0.39 is 0 Å². The molecule has 2 heterocycles. The number of hydrogen-bond donors (Lipinski definition) is 0. The molecule has 0 atom stereocenters. The van der Waals surface area contributed by atoms with Crippen molar-refractivity contribution in [2.45, 2.75) is 10.8 Å². The molecule has 0 saturated heterocycles. The van der Waals surface area contributed by atoms with E-state index in [0.29, 0.717) is 0 Å². The summed E-state index contributed by atoms with van der Waals surface area (Å²) in [6.07, 6.45) is 3.67. The Kier molecular flexibility index (Phi) is 4.95. The highest BCUT2D eigenvalue weighted by molar-refractivity contribution is 9.10. The van der Waals surface area contributed by atoms with Gasteiger partial charge in [-0.2, -0.15) is 5.10 Å². The van der Waals surface area contributed by atoms with Crippen LogP contribution >= 0.6 is 27.7 Å². The topological polar surface area (TPSA) is 39.4 Å². The van der Waals surface area contributed by atoms with Crippen LogP contribution in [-0.4, -0.2) is 21.7 Å². The van der Waals surface area contributed by atoms with Crippen molar-refractivity contribution in [1.82, 2.24) is 14.6 Å². The van der Waals surface area contributed by atoms with Gasteiger partial charge in [-0.05, 0) is 48.0 Å². The lowest BCUT2D eigenvalue weighted by Crippen LogP contribution is -1.91. The Balaban J connectivity index is 1.62. The molecule has 0 saturated carbocycles. The summed E-state index contributed by atoms with van der Waals surface area (Å²) in [7, 11) is 1.67. The number of benzene rings is 2. The largest absolute Gasteiger partial charge is 0.497 e. The molecule has 0 spiro atoms. The summed E-state index contributed by atoms with van der Waals surface area (Å²) in [5, 5.41) is 5.66. The summed E-state index contributed by atoms with van der Waals surface area (Å²) in [6, 6.07) is 18.3. The van der Waals surface area contributed by atoms with Crippen molar-refractivity contribution in [2.24, 2.45) is 0 Å². The Morgan fingerprint density at radius 1 is 1.12 bits per heavy atom. The molecule has 4 nitrogen and oxygen atoms in total. The van der Waals surface area contributed by atoms with E-state index >= 15 is 0 Å². The van der Waals surface area contributed by atoms with Gasteiger partial charge in [-0.15, -0.1) is 0 Å². The fraction of sp³-hybridized carbons (Fsp3) is 0.100. The maximum atomic E-state index is 5.22. The molecule has 0 amide bonds. The highest BCUT2D eigenvalue weighted by Gasteiger charge is 2.10. The first-order valence-corrected chi connectivity index (χ1v) is 9.87. The summed E-state index contributed by atoms with van der Waals surface area (Å²) < 4.78 is 8.20. The first-order chi connectivity index (χ1) is 12.7. The van der Waals surface area contributed by atoms with Gasteiger partial charge < -0.3 is 4.74 Å². The van der Waals surface area contributed by atoms with Crippen LogP contribution in [0.15, 0.2) is 76.5 Å². The minimum atomic E-state index is 0.837. The minimum Gasteiger partial charge on any atom is -0.497 e. The van der Waals surface area contributed by atoms with Gasteiger partial charge in [0.25, 0.3) is 0 Å². The molecular weight excluding hydrogens is 410 g/mol. The van der Waals surface area contributed by atoms with Crippen LogP contribution < -0.4 is 4.74 Å². The maximum absolute atomic E-state index is 5.22. The summed E-state index contributed by atoms with van der Waals surface area (Å²) in [5.41, 5.74) is 4.24. The molecule has 4 rings (SSSR count). The average molecular weight is 426 g/mol. The first-order valence-electron chi connectivity index (χ1n) is 8.09. The lowest BCUT2D eigenvalue weighted by molar-refractivity contribution is 0.415. The number of hydrogen-bond acceptors (Lipinski definition) is 4. The van der Waals surface area contributed by atoms with E-state index in [-0.39, 0.29) is 0 Å². The molecule has 4 aromatic rings. The van der Waals surface area contributed by atoms with Crippen LogP contribution in [0.25, 0.3) is 16.8 Å². The second-order valence-electron chi connectivity index (χ2n) is 5.74. The Hall–Kier alpha value is -2.31. The molecule has 0 fully saturated rings. The van der Waals surface area contributed by atoms with E-state index in [1.165, 1.54) is 5.56 Å². The number of ether oxygens (including phenoxy) is 1. The third kappa shape index (κ3) is 3.61. The van der Waals surface area contributed by atoms with E-state index in [2.05, 4.69) is 50.3 Å². The molecule has 0 N–H and O–H groups in total. The number of aromatic nitrogens is 3. The fourth-order valence-electron chi connectivity index (χ4n) is 2.69. The Morgan fingerprint density at radius 3 is 2.73 bits per heavy atom. The molecule has 0 aliphatic carbocycles. The lowest BCUT2D eigenvalue weighted by Gasteiger charge is -2.03. The molecule has 0 aliphatic heterocycles. The molecule has 26 heavy (non-hydrogen) atoms. The standard InChI is InChI=1S/C20H16BrN3OS/c1-25-17-7-5-15(6-8-17)18-12-19-20(22-9-10-24(19)23-18)26-13-14-3-2-4-16(21)11-14/h2-12H,13H2,1H3. The normalized spacial score (nSPS) is 11.0. The number of thioether (sulfide) groups is 1. The van der Waals surface area contributed by atoms with Crippen molar-refractivity contribution >= 4 is 33.2 Å². The summed E-state index contributed by atoms with van der Waals surface area (Å²) >= 11 is 5.23. The number of halogens is 1. The molecule has 2 aromatic carbocycles. The van der Waals surface area contributed by atoms with Gasteiger partial charge in [0.2, 0.25) is 0 Å². The van der Waals surface area contributed by atoms with Gasteiger partial charge in [0.05, 0.1) is 18.3 Å². The number of fused-ring (bicyclic) bond motifs is 1. The van der Waals surface area contributed by atoms with Gasteiger partial charge in [0.1, 0.15) is 10.8 Å². The number of methoxy groups -OCH3 is 1. The summed E-state index contributed by atoms with van der Waals surface area (Å²) in [6.45, 7) is 0. The van der Waals surface area contributed by atoms with Crippen LogP contribution in [0.2, 0.25) is 0 Å². The second kappa shape index (κ2) is 7.51. The van der Waals surface area contributed by atoms with Crippen LogP contribution in [0.1, 0.15) is 5.56 Å². The zero-order chi connectivity index (χ0) is 17.9. The van der Waals surface area contributed by atoms with Gasteiger partial charge in [0, 0.05) is 28.2 Å². The van der Waals surface area contributed by atoms with Crippen molar-refractivity contribution in [3.8, 4) is 17.0 Å². The van der Waals surface area contributed by atoms with Crippen LogP contribution in [0.4, 0.5) is 0 Å². The van der Waals surface area contributed by atoms with Gasteiger partial charge in [-0.3, -0.25) is 0 Å². The zero-order valence-corrected chi connectivity index (χ0v) is 16.5. The van der Waals surface area contributed by atoms with E-state index in [4.69, 9.17) is 4.74 Å². The molecule has 0 aliphatic rings. The van der Waals surface area contributed by atoms with Crippen molar-refractivity contribution < 1.29 is 4.74 Å². The van der Waals surface area contributed by atoms with E-state index in [1.54, 1.807) is 25.1 Å². The van der Waals surface area contributed by atoms with E-state index in [1.807, 2.05) is 41.0 Å². The zero-order valence-electron chi connectivity index (χ0n) is 14.1. The quantitative estimate of drug-likeness (QED) is 0.398. The van der Waals surface area contributed by atoms with Crippen LogP contribution in [0, 0.1) is 0 Å². The predicted molar refractivity (Wildman–Crippen MR) is 109 cm³/mol. The van der Waals surface area contributed by atoms with Gasteiger partial charge in [-0.25, -0.2) is 9.50 Å². The highest BCUT2D eigenvalue weighted by Crippen LogP contribution is 2.29. The SMILES string of the molecule is COc1ccc(-c2cc3c(SCc4cccc(Br)c4)nccn3n2)cc1. The van der Waals surface area contributed by atoms with Gasteiger partial charge in [-0.1, -0.05) is 39.8 Å². The first kappa shape index (κ1) is 17.1. The van der Waals surface area contributed by atoms with Gasteiger partial charge in [0.15, 0.2) is 0 Å². The van der Waals surface area contributed by atoms with Crippen molar-refractivity contribution in [3.05, 3.63) is 77.0 Å². The average Bonchev–Trinajstić information content (AvgIpc) is 3.11. The Morgan fingerprint density at radius 2 is 1.96 bits per heavy atom. The van der Waals surface area contributed by atoms with Crippen LogP contribution in [0.3, 0.4) is 0 Å². The van der Waals surface area contributed by atoms with Crippen molar-refractivity contribution in [1.29, 1.82) is 0 Å². The molecular formula is C20H16BrN3OS. The molecule has 0 unspecified atom stereocenters. The van der Waals surface area contributed by atoms with Crippen molar-refractivity contribution in [3.63, 3.8) is 0 Å². The van der Waals surface area contributed by atoms with Gasteiger partial charge >= 0.3 is 0 Å². The molecule has 0 bridgehead atoms. The Bertz CT molecular complexity index is 1050. The summed E-state index contributed by atoms with van der Waals surface area (Å²) in [4.78, 5) is 4.55. The molecule has 2 aromatic heterocycles. The monoisotopic (exact) mass is 425 g/mol. The van der Waals surface area contributed by atoms with Crippen LogP contribution in [-0.2, 0) is 5.75 Å². The smallest absolute Gasteiger partial charge is 0.122 e. The minimum absolute atomic E-state index is 0.837.